The Morgan fingerprint density at radius 1 is 1.29 bits per heavy atom. The number of carbonyl (C=O) groups is 2. The van der Waals surface area contributed by atoms with Gasteiger partial charge in [0.15, 0.2) is 0 Å². The van der Waals surface area contributed by atoms with Crippen LogP contribution in [-0.4, -0.2) is 59.8 Å². The van der Waals surface area contributed by atoms with Gasteiger partial charge in [-0.15, -0.1) is 0 Å². The molecule has 1 N–H and O–H groups in total. The largest absolute Gasteiger partial charge is 0.480 e. The van der Waals surface area contributed by atoms with Crippen molar-refractivity contribution in [2.75, 3.05) is 20.6 Å². The van der Waals surface area contributed by atoms with Crippen molar-refractivity contribution < 1.29 is 27.9 Å². The lowest BCUT2D eigenvalue weighted by molar-refractivity contribution is -0.143. The van der Waals surface area contributed by atoms with Crippen LogP contribution in [0.1, 0.15) is 13.3 Å². The molecular weight excluding hydrogens is 241 g/mol. The van der Waals surface area contributed by atoms with Crippen LogP contribution in [0.3, 0.4) is 0 Å². The van der Waals surface area contributed by atoms with E-state index in [9.17, 15) is 22.8 Å². The first kappa shape index (κ1) is 15.5. The fraction of sp³-hybridized carbons (Fsp3) is 0.778. The summed E-state index contributed by atoms with van der Waals surface area (Å²) in [6, 6.07) is -2.10. The molecule has 8 heteroatoms. The molecule has 0 saturated heterocycles. The van der Waals surface area contributed by atoms with E-state index in [4.69, 9.17) is 5.11 Å². The number of hydrogen-bond acceptors (Lipinski definition) is 2. The molecule has 100 valence electrons. The molecule has 0 aromatic rings. The van der Waals surface area contributed by atoms with Gasteiger partial charge < -0.3 is 14.9 Å². The highest BCUT2D eigenvalue weighted by Crippen LogP contribution is 2.16. The van der Waals surface area contributed by atoms with E-state index in [-0.39, 0.29) is 6.42 Å². The number of nitrogens with zero attached hydrogens (tertiary/aromatic N) is 2. The Morgan fingerprint density at radius 2 is 1.76 bits per heavy atom. The van der Waals surface area contributed by atoms with Gasteiger partial charge in [0, 0.05) is 14.1 Å². The number of hydrogen-bond donors (Lipinski definition) is 1. The second-order valence-electron chi connectivity index (χ2n) is 3.63. The number of rotatable bonds is 4. The Bertz CT molecular complexity index is 294. The lowest BCUT2D eigenvalue weighted by Crippen LogP contribution is -2.49. The standard InChI is InChI=1S/C9H15F3N2O3/c1-4-6(7(15)16)14(3)8(17)13(2)5-9(10,11)12/h6H,4-5H2,1-3H3,(H,15,16). The predicted molar refractivity (Wildman–Crippen MR) is 53.6 cm³/mol. The summed E-state index contributed by atoms with van der Waals surface area (Å²) in [6.45, 7) is 0.124. The van der Waals surface area contributed by atoms with Crippen molar-refractivity contribution in [1.82, 2.24) is 9.80 Å². The average Bonchev–Trinajstić information content (AvgIpc) is 2.14. The molecule has 0 aliphatic heterocycles. The van der Waals surface area contributed by atoms with Crippen molar-refractivity contribution in [1.29, 1.82) is 0 Å². The third kappa shape index (κ3) is 4.92. The SMILES string of the molecule is CCC(C(=O)O)N(C)C(=O)N(C)CC(F)(F)F. The summed E-state index contributed by atoms with van der Waals surface area (Å²) in [5, 5.41) is 8.77. The zero-order valence-electron chi connectivity index (χ0n) is 9.78. The minimum absolute atomic E-state index is 0.122. The smallest absolute Gasteiger partial charge is 0.406 e. The molecule has 0 saturated carbocycles. The summed E-state index contributed by atoms with van der Waals surface area (Å²) in [5.41, 5.74) is 0. The molecule has 0 spiro atoms. The number of alkyl halides is 3. The average molecular weight is 256 g/mol. The van der Waals surface area contributed by atoms with Crippen LogP contribution in [-0.2, 0) is 4.79 Å². The zero-order chi connectivity index (χ0) is 13.8. The van der Waals surface area contributed by atoms with Crippen LogP contribution in [0.15, 0.2) is 0 Å². The molecule has 17 heavy (non-hydrogen) atoms. The van der Waals surface area contributed by atoms with Crippen molar-refractivity contribution in [3.63, 3.8) is 0 Å². The lowest BCUT2D eigenvalue weighted by Gasteiger charge is -2.29. The molecule has 1 atom stereocenters. The molecule has 0 radical (unpaired) electrons. The molecule has 0 rings (SSSR count). The Hall–Kier alpha value is -1.47. The van der Waals surface area contributed by atoms with E-state index in [0.29, 0.717) is 4.90 Å². The Balaban J connectivity index is 4.64. The summed E-state index contributed by atoms with van der Waals surface area (Å²) < 4.78 is 36.1. The quantitative estimate of drug-likeness (QED) is 0.827. The third-order valence-corrected chi connectivity index (χ3v) is 2.18. The highest BCUT2D eigenvalue weighted by atomic mass is 19.4. The fourth-order valence-corrected chi connectivity index (χ4v) is 1.35. The molecule has 0 aromatic carbocycles. The zero-order valence-corrected chi connectivity index (χ0v) is 9.78. The minimum Gasteiger partial charge on any atom is -0.480 e. The summed E-state index contributed by atoms with van der Waals surface area (Å²) in [7, 11) is 2.14. The number of carboxylic acids is 1. The van der Waals surface area contributed by atoms with E-state index in [1.54, 1.807) is 0 Å². The van der Waals surface area contributed by atoms with E-state index >= 15 is 0 Å². The van der Waals surface area contributed by atoms with Gasteiger partial charge in [-0.1, -0.05) is 6.92 Å². The number of urea groups is 1. The van der Waals surface area contributed by atoms with Crippen molar-refractivity contribution >= 4 is 12.0 Å². The van der Waals surface area contributed by atoms with Gasteiger partial charge in [0.05, 0.1) is 0 Å². The number of aliphatic carboxylic acids is 1. The first-order chi connectivity index (χ1) is 7.60. The fourth-order valence-electron chi connectivity index (χ4n) is 1.35. The van der Waals surface area contributed by atoms with E-state index in [0.717, 1.165) is 19.0 Å². The monoisotopic (exact) mass is 256 g/mol. The summed E-state index contributed by atoms with van der Waals surface area (Å²) in [5.74, 6) is -1.25. The lowest BCUT2D eigenvalue weighted by atomic mass is 10.2. The Morgan fingerprint density at radius 3 is 2.06 bits per heavy atom. The minimum atomic E-state index is -4.50. The maximum atomic E-state index is 12.0. The highest BCUT2D eigenvalue weighted by molar-refractivity contribution is 5.82. The van der Waals surface area contributed by atoms with Crippen molar-refractivity contribution in [2.45, 2.75) is 25.6 Å². The molecule has 0 heterocycles. The van der Waals surface area contributed by atoms with Crippen LogP contribution in [0.2, 0.25) is 0 Å². The number of halogens is 3. The van der Waals surface area contributed by atoms with Crippen molar-refractivity contribution in [3.8, 4) is 0 Å². The maximum Gasteiger partial charge on any atom is 0.406 e. The number of amides is 2. The summed E-state index contributed by atoms with van der Waals surface area (Å²) >= 11 is 0. The van der Waals surface area contributed by atoms with Gasteiger partial charge in [-0.2, -0.15) is 13.2 Å². The second kappa shape index (κ2) is 5.74. The first-order valence-corrected chi connectivity index (χ1v) is 4.87. The maximum absolute atomic E-state index is 12.0. The van der Waals surface area contributed by atoms with Crippen LogP contribution in [0.5, 0.6) is 0 Å². The van der Waals surface area contributed by atoms with E-state index in [1.165, 1.54) is 6.92 Å². The van der Waals surface area contributed by atoms with E-state index in [1.807, 2.05) is 0 Å². The summed E-state index contributed by atoms with van der Waals surface area (Å²) in [4.78, 5) is 23.5. The van der Waals surface area contributed by atoms with Gasteiger partial charge in [-0.25, -0.2) is 9.59 Å². The highest BCUT2D eigenvalue weighted by Gasteiger charge is 2.34. The topological polar surface area (TPSA) is 60.9 Å². The number of carbonyl (C=O) groups excluding carboxylic acids is 1. The van der Waals surface area contributed by atoms with Crippen molar-refractivity contribution in [3.05, 3.63) is 0 Å². The van der Waals surface area contributed by atoms with Gasteiger partial charge in [0.25, 0.3) is 0 Å². The molecule has 0 aromatic heterocycles. The Kier molecular flexibility index (Phi) is 5.24. The van der Waals surface area contributed by atoms with Crippen LogP contribution < -0.4 is 0 Å². The normalized spacial score (nSPS) is 13.1. The van der Waals surface area contributed by atoms with Crippen LogP contribution in [0, 0.1) is 0 Å². The number of likely N-dealkylation sites (N-methyl/N-ethyl adjacent to an activating group) is 1. The number of carboxylic acid groups (broad SMARTS) is 1. The second-order valence-corrected chi connectivity index (χ2v) is 3.63. The molecule has 5 nitrogen and oxygen atoms in total. The molecule has 2 amide bonds. The molecule has 0 bridgehead atoms. The first-order valence-electron chi connectivity index (χ1n) is 4.87. The van der Waals surface area contributed by atoms with Crippen molar-refractivity contribution in [2.24, 2.45) is 0 Å². The molecule has 0 aliphatic carbocycles. The third-order valence-electron chi connectivity index (χ3n) is 2.18. The van der Waals surface area contributed by atoms with Gasteiger partial charge in [-0.05, 0) is 6.42 Å². The Labute approximate surface area is 96.8 Å². The van der Waals surface area contributed by atoms with Gasteiger partial charge in [-0.3, -0.25) is 0 Å². The molecular formula is C9H15F3N2O3. The molecule has 0 aliphatic rings. The summed E-state index contributed by atoms with van der Waals surface area (Å²) in [6.07, 6.45) is -4.38. The van der Waals surface area contributed by atoms with Crippen LogP contribution >= 0.6 is 0 Å². The molecule has 0 fully saturated rings. The van der Waals surface area contributed by atoms with Crippen LogP contribution in [0.25, 0.3) is 0 Å². The predicted octanol–water partition coefficient (Wildman–Crippen LogP) is 1.40. The van der Waals surface area contributed by atoms with Crippen LogP contribution in [0.4, 0.5) is 18.0 Å². The van der Waals surface area contributed by atoms with E-state index < -0.39 is 30.8 Å². The molecule has 1 unspecified atom stereocenters. The van der Waals surface area contributed by atoms with E-state index in [2.05, 4.69) is 0 Å². The van der Waals surface area contributed by atoms with Gasteiger partial charge in [0.2, 0.25) is 0 Å². The van der Waals surface area contributed by atoms with Gasteiger partial charge >= 0.3 is 18.2 Å². The van der Waals surface area contributed by atoms with Gasteiger partial charge in [0.1, 0.15) is 12.6 Å².